The van der Waals surface area contributed by atoms with Crippen molar-refractivity contribution in [2.24, 2.45) is 0 Å². The van der Waals surface area contributed by atoms with Gasteiger partial charge in [-0.1, -0.05) is 24.3 Å². The Morgan fingerprint density at radius 3 is 2.79 bits per heavy atom. The topological polar surface area (TPSA) is 64.4 Å². The Morgan fingerprint density at radius 1 is 1.21 bits per heavy atom. The summed E-state index contributed by atoms with van der Waals surface area (Å²) >= 11 is 0. The molecule has 0 aliphatic carbocycles. The van der Waals surface area contributed by atoms with Gasteiger partial charge in [0.15, 0.2) is 0 Å². The highest BCUT2D eigenvalue weighted by Gasteiger charge is 2.35. The number of benzene rings is 2. The van der Waals surface area contributed by atoms with Crippen molar-refractivity contribution in [3.8, 4) is 0 Å². The number of para-hydroxylation sites is 2. The summed E-state index contributed by atoms with van der Waals surface area (Å²) in [5.41, 5.74) is 4.85. The average molecular weight is 391 g/mol. The molecule has 0 N–H and O–H groups in total. The lowest BCUT2D eigenvalue weighted by atomic mass is 10.1. The predicted octanol–water partition coefficient (Wildman–Crippen LogP) is 3.74. The molecule has 150 valence electrons. The summed E-state index contributed by atoms with van der Waals surface area (Å²) in [5.74, 6) is 0.468. The van der Waals surface area contributed by atoms with Crippen molar-refractivity contribution in [1.29, 1.82) is 0 Å². The molecule has 0 spiro atoms. The maximum absolute atomic E-state index is 12.9. The molecule has 1 saturated heterocycles. The second-order valence-corrected chi connectivity index (χ2v) is 7.55. The zero-order valence-corrected chi connectivity index (χ0v) is 17.0. The van der Waals surface area contributed by atoms with Gasteiger partial charge in [-0.3, -0.25) is 9.59 Å². The van der Waals surface area contributed by atoms with Crippen LogP contribution in [0.2, 0.25) is 0 Å². The summed E-state index contributed by atoms with van der Waals surface area (Å²) in [7, 11) is 0. The molecule has 0 bridgehead atoms. The zero-order chi connectivity index (χ0) is 20.5. The average Bonchev–Trinajstić information content (AvgIpc) is 3.25. The number of ether oxygens (including phenoxy) is 1. The fourth-order valence-corrected chi connectivity index (χ4v) is 4.03. The molecule has 0 saturated carbocycles. The minimum Gasteiger partial charge on any atom is -0.465 e. The Balaban J connectivity index is 1.70. The molecule has 6 heteroatoms. The number of carbonyl (C=O) groups excluding carboxylic acids is 2. The molecule has 29 heavy (non-hydrogen) atoms. The van der Waals surface area contributed by atoms with Crippen molar-refractivity contribution in [3.05, 3.63) is 59.4 Å². The highest BCUT2D eigenvalue weighted by atomic mass is 16.5. The summed E-state index contributed by atoms with van der Waals surface area (Å²) < 4.78 is 7.06. The van der Waals surface area contributed by atoms with Crippen LogP contribution in [0.4, 0.5) is 5.69 Å². The first-order chi connectivity index (χ1) is 14.0. The van der Waals surface area contributed by atoms with Crippen LogP contribution in [-0.2, 0) is 20.9 Å². The second kappa shape index (κ2) is 7.70. The normalized spacial score (nSPS) is 16.6. The highest BCUT2D eigenvalue weighted by molar-refractivity contribution is 5.97. The van der Waals surface area contributed by atoms with E-state index in [1.54, 1.807) is 6.92 Å². The summed E-state index contributed by atoms with van der Waals surface area (Å²) in [6, 6.07) is 13.9. The van der Waals surface area contributed by atoms with Crippen molar-refractivity contribution in [2.45, 2.75) is 39.7 Å². The standard InChI is InChI=1S/C23H25N3O3/c1-4-29-22(28)14-26-19-8-6-5-7-18(19)24-23(26)17-12-21(27)25(13-17)20-11-15(2)9-10-16(20)3/h5-11,17H,4,12-14H2,1-3H3/t17-/m0/s1. The molecule has 3 aromatic rings. The van der Waals surface area contributed by atoms with E-state index in [2.05, 4.69) is 12.1 Å². The van der Waals surface area contributed by atoms with Crippen LogP contribution in [-0.4, -0.2) is 34.6 Å². The maximum Gasteiger partial charge on any atom is 0.326 e. The molecular formula is C23H25N3O3. The minimum atomic E-state index is -0.299. The molecular weight excluding hydrogens is 366 g/mol. The lowest BCUT2D eigenvalue weighted by Crippen LogP contribution is -2.25. The van der Waals surface area contributed by atoms with Gasteiger partial charge in [0.25, 0.3) is 0 Å². The van der Waals surface area contributed by atoms with Gasteiger partial charge in [-0.2, -0.15) is 0 Å². The zero-order valence-electron chi connectivity index (χ0n) is 17.0. The van der Waals surface area contributed by atoms with E-state index in [1.807, 2.05) is 53.6 Å². The lowest BCUT2D eigenvalue weighted by molar-refractivity contribution is -0.143. The number of aryl methyl sites for hydroxylation is 2. The molecule has 2 heterocycles. The Hall–Kier alpha value is -3.15. The van der Waals surface area contributed by atoms with Crippen molar-refractivity contribution in [2.75, 3.05) is 18.1 Å². The van der Waals surface area contributed by atoms with Gasteiger partial charge in [0.1, 0.15) is 12.4 Å². The van der Waals surface area contributed by atoms with E-state index in [0.717, 1.165) is 33.7 Å². The SMILES string of the molecule is CCOC(=O)Cn1c([C@H]2CC(=O)N(c3cc(C)ccc3C)C2)nc2ccccc21. The second-order valence-electron chi connectivity index (χ2n) is 7.55. The highest BCUT2D eigenvalue weighted by Crippen LogP contribution is 2.34. The van der Waals surface area contributed by atoms with E-state index in [4.69, 9.17) is 9.72 Å². The van der Waals surface area contributed by atoms with Crippen LogP contribution >= 0.6 is 0 Å². The fraction of sp³-hybridized carbons (Fsp3) is 0.348. The molecule has 1 aromatic heterocycles. The van der Waals surface area contributed by atoms with Crippen molar-refractivity contribution in [3.63, 3.8) is 0 Å². The first-order valence-electron chi connectivity index (χ1n) is 9.96. The summed E-state index contributed by atoms with van der Waals surface area (Å²) in [6.45, 7) is 6.82. The molecule has 1 amide bonds. The molecule has 1 atom stereocenters. The third-order valence-electron chi connectivity index (χ3n) is 5.42. The number of anilines is 1. The van der Waals surface area contributed by atoms with E-state index in [-0.39, 0.29) is 24.3 Å². The van der Waals surface area contributed by atoms with Gasteiger partial charge >= 0.3 is 5.97 Å². The molecule has 2 aromatic carbocycles. The van der Waals surface area contributed by atoms with Crippen molar-refractivity contribution >= 4 is 28.6 Å². The number of nitrogens with zero attached hydrogens (tertiary/aromatic N) is 3. The molecule has 0 unspecified atom stereocenters. The third-order valence-corrected chi connectivity index (χ3v) is 5.42. The van der Waals surface area contributed by atoms with Crippen LogP contribution < -0.4 is 4.90 Å². The lowest BCUT2D eigenvalue weighted by Gasteiger charge is -2.20. The molecule has 1 aliphatic rings. The Bertz CT molecular complexity index is 1090. The van der Waals surface area contributed by atoms with Crippen molar-refractivity contribution in [1.82, 2.24) is 9.55 Å². The molecule has 4 rings (SSSR count). The van der Waals surface area contributed by atoms with Crippen molar-refractivity contribution < 1.29 is 14.3 Å². The first-order valence-corrected chi connectivity index (χ1v) is 9.96. The predicted molar refractivity (Wildman–Crippen MR) is 112 cm³/mol. The van der Waals surface area contributed by atoms with Crippen LogP contribution in [0.15, 0.2) is 42.5 Å². The quantitative estimate of drug-likeness (QED) is 0.622. The fourth-order valence-electron chi connectivity index (χ4n) is 4.03. The first kappa shape index (κ1) is 19.2. The summed E-state index contributed by atoms with van der Waals surface area (Å²) in [6.07, 6.45) is 0.375. The van der Waals surface area contributed by atoms with E-state index < -0.39 is 0 Å². The largest absolute Gasteiger partial charge is 0.465 e. The number of rotatable bonds is 5. The summed E-state index contributed by atoms with van der Waals surface area (Å²) in [5, 5.41) is 0. The number of aromatic nitrogens is 2. The van der Waals surface area contributed by atoms with Crippen LogP contribution in [0.5, 0.6) is 0 Å². The van der Waals surface area contributed by atoms with Gasteiger partial charge < -0.3 is 14.2 Å². The van der Waals surface area contributed by atoms with Gasteiger partial charge in [0.05, 0.1) is 17.6 Å². The Labute approximate surface area is 170 Å². The minimum absolute atomic E-state index is 0.0794. The van der Waals surface area contributed by atoms with E-state index >= 15 is 0 Å². The van der Waals surface area contributed by atoms with Crippen LogP contribution in [0, 0.1) is 13.8 Å². The van der Waals surface area contributed by atoms with Gasteiger partial charge in [-0.05, 0) is 50.1 Å². The number of imidazole rings is 1. The number of amides is 1. The summed E-state index contributed by atoms with van der Waals surface area (Å²) in [4.78, 5) is 31.7. The van der Waals surface area contributed by atoms with Crippen LogP contribution in [0.25, 0.3) is 11.0 Å². The Morgan fingerprint density at radius 2 is 2.00 bits per heavy atom. The number of fused-ring (bicyclic) bond motifs is 1. The Kier molecular flexibility index (Phi) is 5.09. The number of hydrogen-bond acceptors (Lipinski definition) is 4. The third kappa shape index (κ3) is 3.62. The molecule has 6 nitrogen and oxygen atoms in total. The number of carbonyl (C=O) groups is 2. The number of hydrogen-bond donors (Lipinski definition) is 0. The van der Waals surface area contributed by atoms with Crippen LogP contribution in [0.1, 0.15) is 36.2 Å². The molecule has 1 fully saturated rings. The van der Waals surface area contributed by atoms with E-state index in [1.165, 1.54) is 0 Å². The van der Waals surface area contributed by atoms with Crippen LogP contribution in [0.3, 0.4) is 0 Å². The van der Waals surface area contributed by atoms with Gasteiger partial charge in [-0.15, -0.1) is 0 Å². The van der Waals surface area contributed by atoms with Gasteiger partial charge in [0.2, 0.25) is 5.91 Å². The molecule has 0 radical (unpaired) electrons. The molecule has 1 aliphatic heterocycles. The van der Waals surface area contributed by atoms with Gasteiger partial charge in [0, 0.05) is 24.6 Å². The van der Waals surface area contributed by atoms with Gasteiger partial charge in [-0.25, -0.2) is 4.98 Å². The smallest absolute Gasteiger partial charge is 0.326 e. The van der Waals surface area contributed by atoms with E-state index in [9.17, 15) is 9.59 Å². The maximum atomic E-state index is 12.9. The van der Waals surface area contributed by atoms with E-state index in [0.29, 0.717) is 19.6 Å². The number of esters is 1. The monoisotopic (exact) mass is 391 g/mol.